The molecule has 8 heteroatoms. The third-order valence-corrected chi connectivity index (χ3v) is 3.77. The molecule has 0 atom stereocenters. The monoisotopic (exact) mass is 293 g/mol. The number of hydrogen-bond donors (Lipinski definition) is 2. The summed E-state index contributed by atoms with van der Waals surface area (Å²) >= 11 is 0. The number of nitrogens with zero attached hydrogens (tertiary/aromatic N) is 3. The minimum atomic E-state index is -3.70. The molecule has 2 aromatic rings. The van der Waals surface area contributed by atoms with Crippen molar-refractivity contribution in [3.8, 4) is 0 Å². The highest BCUT2D eigenvalue weighted by atomic mass is 32.2. The number of anilines is 2. The van der Waals surface area contributed by atoms with Crippen LogP contribution in [0.4, 0.5) is 11.6 Å². The molecular weight excluding hydrogens is 278 g/mol. The molecule has 106 valence electrons. The molecule has 20 heavy (non-hydrogen) atoms. The van der Waals surface area contributed by atoms with Gasteiger partial charge >= 0.3 is 0 Å². The first kappa shape index (κ1) is 14.2. The summed E-state index contributed by atoms with van der Waals surface area (Å²) in [7, 11) is -3.70. The first-order valence-electron chi connectivity index (χ1n) is 6.02. The van der Waals surface area contributed by atoms with Crippen LogP contribution in [0, 0.1) is 6.92 Å². The van der Waals surface area contributed by atoms with Crippen molar-refractivity contribution in [3.63, 3.8) is 0 Å². The summed E-state index contributed by atoms with van der Waals surface area (Å²) in [6.07, 6.45) is 3.98. The molecule has 0 aliphatic rings. The molecule has 0 saturated carbocycles. The number of sulfonamides is 1. The number of aryl methyl sites for hydroxylation is 1. The summed E-state index contributed by atoms with van der Waals surface area (Å²) in [6.45, 7) is 4.39. The van der Waals surface area contributed by atoms with Crippen LogP contribution in [-0.2, 0) is 10.0 Å². The molecule has 0 aromatic carbocycles. The fourth-order valence-electron chi connectivity index (χ4n) is 1.45. The fourth-order valence-corrected chi connectivity index (χ4v) is 2.38. The van der Waals surface area contributed by atoms with E-state index in [1.165, 1.54) is 18.6 Å². The molecule has 0 saturated heterocycles. The maximum atomic E-state index is 12.1. The van der Waals surface area contributed by atoms with Crippen molar-refractivity contribution in [1.82, 2.24) is 15.0 Å². The summed E-state index contributed by atoms with van der Waals surface area (Å²) in [6, 6.07) is 3.37. The van der Waals surface area contributed by atoms with Crippen molar-refractivity contribution in [2.45, 2.75) is 18.7 Å². The lowest BCUT2D eigenvalue weighted by atomic mass is 10.4. The normalized spacial score (nSPS) is 11.1. The Hall–Kier alpha value is -2.22. The Morgan fingerprint density at radius 2 is 1.80 bits per heavy atom. The summed E-state index contributed by atoms with van der Waals surface area (Å²) in [5.41, 5.74) is 1.21. The lowest BCUT2D eigenvalue weighted by Gasteiger charge is -2.08. The van der Waals surface area contributed by atoms with Gasteiger partial charge in [-0.05, 0) is 26.0 Å². The highest BCUT2D eigenvalue weighted by Crippen LogP contribution is 2.14. The molecule has 0 bridgehead atoms. The molecule has 0 aliphatic carbocycles. The van der Waals surface area contributed by atoms with E-state index in [2.05, 4.69) is 25.0 Å². The van der Waals surface area contributed by atoms with Crippen LogP contribution in [0.3, 0.4) is 0 Å². The number of aromatic nitrogens is 3. The van der Waals surface area contributed by atoms with Crippen LogP contribution in [-0.4, -0.2) is 29.9 Å². The average molecular weight is 293 g/mol. The van der Waals surface area contributed by atoms with Gasteiger partial charge in [0.05, 0.1) is 24.3 Å². The largest absolute Gasteiger partial charge is 0.355 e. The van der Waals surface area contributed by atoms with Crippen LogP contribution in [0.1, 0.15) is 12.6 Å². The number of rotatable bonds is 5. The van der Waals surface area contributed by atoms with Gasteiger partial charge < -0.3 is 5.32 Å². The topological polar surface area (TPSA) is 96.9 Å². The SMILES string of the molecule is CCNc1ncc(S(=O)(=O)Nc2ccc(C)nc2)cn1. The zero-order chi connectivity index (χ0) is 14.6. The second-order valence-corrected chi connectivity index (χ2v) is 5.75. The highest BCUT2D eigenvalue weighted by Gasteiger charge is 2.15. The van der Waals surface area contributed by atoms with E-state index in [0.29, 0.717) is 18.2 Å². The summed E-state index contributed by atoms with van der Waals surface area (Å²) in [5, 5.41) is 2.89. The first-order chi connectivity index (χ1) is 9.51. The van der Waals surface area contributed by atoms with E-state index in [4.69, 9.17) is 0 Å². The lowest BCUT2D eigenvalue weighted by Crippen LogP contribution is -2.14. The third kappa shape index (κ3) is 3.41. The van der Waals surface area contributed by atoms with E-state index in [1.54, 1.807) is 12.1 Å². The van der Waals surface area contributed by atoms with Crippen molar-refractivity contribution in [1.29, 1.82) is 0 Å². The highest BCUT2D eigenvalue weighted by molar-refractivity contribution is 7.92. The van der Waals surface area contributed by atoms with Crippen molar-refractivity contribution in [3.05, 3.63) is 36.4 Å². The third-order valence-electron chi connectivity index (χ3n) is 2.44. The van der Waals surface area contributed by atoms with Crippen LogP contribution in [0.5, 0.6) is 0 Å². The Labute approximate surface area is 117 Å². The van der Waals surface area contributed by atoms with Gasteiger partial charge in [-0.25, -0.2) is 18.4 Å². The molecule has 0 aliphatic heterocycles. The minimum Gasteiger partial charge on any atom is -0.355 e. The Morgan fingerprint density at radius 3 is 2.35 bits per heavy atom. The number of hydrogen-bond acceptors (Lipinski definition) is 6. The molecule has 2 heterocycles. The van der Waals surface area contributed by atoms with E-state index in [-0.39, 0.29) is 4.90 Å². The molecule has 2 N–H and O–H groups in total. The van der Waals surface area contributed by atoms with Crippen LogP contribution < -0.4 is 10.0 Å². The van der Waals surface area contributed by atoms with Gasteiger partial charge in [-0.15, -0.1) is 0 Å². The number of pyridine rings is 1. The Bertz CT molecular complexity index is 668. The predicted molar refractivity (Wildman–Crippen MR) is 76.0 cm³/mol. The molecule has 0 amide bonds. The summed E-state index contributed by atoms with van der Waals surface area (Å²) < 4.78 is 26.7. The fraction of sp³-hybridized carbons (Fsp3) is 0.250. The van der Waals surface area contributed by atoms with Gasteiger partial charge in [0.15, 0.2) is 0 Å². The van der Waals surface area contributed by atoms with Crippen molar-refractivity contribution in [2.75, 3.05) is 16.6 Å². The zero-order valence-corrected chi connectivity index (χ0v) is 12.0. The lowest BCUT2D eigenvalue weighted by molar-refractivity contribution is 0.600. The zero-order valence-electron chi connectivity index (χ0n) is 11.2. The standard InChI is InChI=1S/C12H15N5O2S/c1-3-13-12-15-7-11(8-16-12)20(18,19)17-10-5-4-9(2)14-6-10/h4-8,17H,3H2,1-2H3,(H,13,15,16). The minimum absolute atomic E-state index is 0.000252. The van der Waals surface area contributed by atoms with Gasteiger partial charge in [0, 0.05) is 12.2 Å². The van der Waals surface area contributed by atoms with Crippen LogP contribution in [0.15, 0.2) is 35.6 Å². The Morgan fingerprint density at radius 1 is 1.10 bits per heavy atom. The van der Waals surface area contributed by atoms with Gasteiger partial charge in [0.2, 0.25) is 5.95 Å². The van der Waals surface area contributed by atoms with Crippen molar-refractivity contribution >= 4 is 21.7 Å². The molecule has 2 rings (SSSR count). The molecule has 0 spiro atoms. The molecule has 0 unspecified atom stereocenters. The van der Waals surface area contributed by atoms with Crippen molar-refractivity contribution < 1.29 is 8.42 Å². The van der Waals surface area contributed by atoms with E-state index >= 15 is 0 Å². The van der Waals surface area contributed by atoms with Gasteiger partial charge in [-0.3, -0.25) is 9.71 Å². The smallest absolute Gasteiger partial charge is 0.265 e. The quantitative estimate of drug-likeness (QED) is 0.865. The van der Waals surface area contributed by atoms with Gasteiger partial charge in [-0.1, -0.05) is 0 Å². The van der Waals surface area contributed by atoms with E-state index < -0.39 is 10.0 Å². The van der Waals surface area contributed by atoms with Gasteiger partial charge in [-0.2, -0.15) is 0 Å². The predicted octanol–water partition coefficient (Wildman–Crippen LogP) is 1.41. The van der Waals surface area contributed by atoms with Gasteiger partial charge in [0.25, 0.3) is 10.0 Å². The second-order valence-electron chi connectivity index (χ2n) is 4.07. The molecule has 0 fully saturated rings. The molecule has 2 aromatic heterocycles. The molecule has 7 nitrogen and oxygen atoms in total. The van der Waals surface area contributed by atoms with E-state index in [9.17, 15) is 8.42 Å². The van der Waals surface area contributed by atoms with E-state index in [0.717, 1.165) is 5.69 Å². The number of nitrogens with one attached hydrogen (secondary N) is 2. The van der Waals surface area contributed by atoms with Crippen LogP contribution in [0.2, 0.25) is 0 Å². The maximum Gasteiger partial charge on any atom is 0.265 e. The Kier molecular flexibility index (Phi) is 4.14. The summed E-state index contributed by atoms with van der Waals surface area (Å²) in [4.78, 5) is 11.9. The van der Waals surface area contributed by atoms with E-state index in [1.807, 2.05) is 13.8 Å². The average Bonchev–Trinajstić information content (AvgIpc) is 2.42. The van der Waals surface area contributed by atoms with Crippen LogP contribution >= 0.6 is 0 Å². The first-order valence-corrected chi connectivity index (χ1v) is 7.51. The second kappa shape index (κ2) is 5.83. The Balaban J connectivity index is 2.19. The molecule has 0 radical (unpaired) electrons. The molecular formula is C12H15N5O2S. The van der Waals surface area contributed by atoms with Crippen LogP contribution in [0.25, 0.3) is 0 Å². The van der Waals surface area contributed by atoms with Gasteiger partial charge in [0.1, 0.15) is 4.90 Å². The summed E-state index contributed by atoms with van der Waals surface area (Å²) in [5.74, 6) is 0.392. The van der Waals surface area contributed by atoms with Crippen molar-refractivity contribution in [2.24, 2.45) is 0 Å². The maximum absolute atomic E-state index is 12.1.